The van der Waals surface area contributed by atoms with Crippen LogP contribution < -0.4 is 5.56 Å². The Morgan fingerprint density at radius 2 is 2.14 bits per heavy atom. The topological polar surface area (TPSA) is 59.3 Å². The second kappa shape index (κ2) is 3.99. The van der Waals surface area contributed by atoms with Gasteiger partial charge in [-0.05, 0) is 6.07 Å². The Labute approximate surface area is 77.4 Å². The van der Waals surface area contributed by atoms with E-state index in [-0.39, 0.29) is 0 Å². The highest BCUT2D eigenvalue weighted by Gasteiger charge is 2.13. The molecule has 0 saturated heterocycles. The maximum atomic E-state index is 12.0. The molecule has 0 amide bonds. The van der Waals surface area contributed by atoms with Crippen molar-refractivity contribution in [2.75, 3.05) is 0 Å². The number of halogens is 2. The van der Waals surface area contributed by atoms with Crippen molar-refractivity contribution in [3.8, 4) is 0 Å². The minimum Gasteiger partial charge on any atom is -0.477 e. The van der Waals surface area contributed by atoms with Gasteiger partial charge in [-0.2, -0.15) is 0 Å². The predicted molar refractivity (Wildman–Crippen MR) is 43.7 cm³/mol. The van der Waals surface area contributed by atoms with Crippen LogP contribution in [0.2, 0.25) is 0 Å². The quantitative estimate of drug-likeness (QED) is 0.790. The molecule has 0 aliphatic heterocycles. The van der Waals surface area contributed by atoms with Crippen LogP contribution in [0.3, 0.4) is 0 Å². The summed E-state index contributed by atoms with van der Waals surface area (Å²) in [6.45, 7) is -0.901. The normalized spacial score (nSPS) is 10.5. The summed E-state index contributed by atoms with van der Waals surface area (Å²) in [6.07, 6.45) is -2.76. The van der Waals surface area contributed by atoms with Gasteiger partial charge in [0.15, 0.2) is 0 Å². The third-order valence-electron chi connectivity index (χ3n) is 1.59. The first-order valence-corrected chi connectivity index (χ1v) is 3.73. The second-order valence-electron chi connectivity index (χ2n) is 2.56. The van der Waals surface area contributed by atoms with Gasteiger partial charge >= 0.3 is 5.97 Å². The van der Waals surface area contributed by atoms with Crippen molar-refractivity contribution in [3.05, 3.63) is 34.2 Å². The summed E-state index contributed by atoms with van der Waals surface area (Å²) in [5.74, 6) is -1.40. The van der Waals surface area contributed by atoms with Crippen molar-refractivity contribution < 1.29 is 18.7 Å². The van der Waals surface area contributed by atoms with Gasteiger partial charge in [0.2, 0.25) is 0 Å². The highest BCUT2D eigenvalue weighted by atomic mass is 19.3. The molecule has 0 unspecified atom stereocenters. The zero-order valence-electron chi connectivity index (χ0n) is 6.98. The number of pyridine rings is 1. The molecule has 0 fully saturated rings. The fourth-order valence-corrected chi connectivity index (χ4v) is 1.03. The number of carbonyl (C=O) groups is 1. The van der Waals surface area contributed by atoms with Gasteiger partial charge in [-0.3, -0.25) is 9.36 Å². The Morgan fingerprint density at radius 1 is 1.50 bits per heavy atom. The number of alkyl halides is 2. The maximum absolute atomic E-state index is 12.0. The highest BCUT2D eigenvalue weighted by molar-refractivity contribution is 5.85. The number of hydrogen-bond donors (Lipinski definition) is 1. The lowest BCUT2D eigenvalue weighted by Crippen LogP contribution is -2.27. The molecule has 0 atom stereocenters. The highest BCUT2D eigenvalue weighted by Crippen LogP contribution is 2.01. The van der Waals surface area contributed by atoms with Crippen LogP contribution in [0, 0.1) is 0 Å². The van der Waals surface area contributed by atoms with Crippen LogP contribution >= 0.6 is 0 Å². The molecule has 1 aromatic rings. The predicted octanol–water partition coefficient (Wildman–Crippen LogP) is 0.812. The van der Waals surface area contributed by atoms with E-state index in [0.29, 0.717) is 4.57 Å². The molecule has 76 valence electrons. The lowest BCUT2D eigenvalue weighted by Gasteiger charge is -2.07. The maximum Gasteiger partial charge on any atom is 0.352 e. The molecule has 1 rings (SSSR count). The van der Waals surface area contributed by atoms with Gasteiger partial charge in [0.05, 0.1) is 6.54 Å². The number of nitrogens with zero attached hydrogens (tertiary/aromatic N) is 1. The van der Waals surface area contributed by atoms with E-state index in [1.807, 2.05) is 0 Å². The fraction of sp³-hybridized carbons (Fsp3) is 0.250. The summed E-state index contributed by atoms with van der Waals surface area (Å²) >= 11 is 0. The van der Waals surface area contributed by atoms with Gasteiger partial charge in [0, 0.05) is 6.07 Å². The molecule has 1 heterocycles. The third kappa shape index (κ3) is 2.15. The van der Waals surface area contributed by atoms with Crippen molar-refractivity contribution in [2.24, 2.45) is 0 Å². The zero-order chi connectivity index (χ0) is 10.7. The Hall–Kier alpha value is -1.72. The van der Waals surface area contributed by atoms with Crippen molar-refractivity contribution in [1.82, 2.24) is 4.57 Å². The molecule has 0 radical (unpaired) electrons. The van der Waals surface area contributed by atoms with Crippen LogP contribution in [0.5, 0.6) is 0 Å². The first kappa shape index (κ1) is 10.4. The smallest absolute Gasteiger partial charge is 0.352 e. The van der Waals surface area contributed by atoms with Crippen molar-refractivity contribution in [3.63, 3.8) is 0 Å². The Morgan fingerprint density at radius 3 is 2.64 bits per heavy atom. The summed E-state index contributed by atoms with van der Waals surface area (Å²) in [5, 5.41) is 8.60. The molecule has 4 nitrogen and oxygen atoms in total. The van der Waals surface area contributed by atoms with Crippen molar-refractivity contribution in [2.45, 2.75) is 13.0 Å². The lowest BCUT2D eigenvalue weighted by atomic mass is 10.3. The summed E-state index contributed by atoms with van der Waals surface area (Å²) in [4.78, 5) is 21.6. The van der Waals surface area contributed by atoms with Crippen LogP contribution in [-0.2, 0) is 6.54 Å². The summed E-state index contributed by atoms with van der Waals surface area (Å²) in [5.41, 5.74) is -1.18. The van der Waals surface area contributed by atoms with Gasteiger partial charge in [-0.1, -0.05) is 6.07 Å². The number of aromatic carboxylic acids is 1. The molecule has 0 spiro atoms. The fourth-order valence-electron chi connectivity index (χ4n) is 1.03. The van der Waals surface area contributed by atoms with E-state index in [0.717, 1.165) is 12.1 Å². The van der Waals surface area contributed by atoms with Crippen LogP contribution in [0.4, 0.5) is 8.78 Å². The average Bonchev–Trinajstić information content (AvgIpc) is 2.07. The summed E-state index contributed by atoms with van der Waals surface area (Å²) in [7, 11) is 0. The standard InChI is InChI=1S/C8H7F2NO3/c9-6(10)4-11-5(8(13)14)2-1-3-7(11)12/h1-3,6H,4H2,(H,13,14). The Bertz CT molecular complexity index is 400. The Kier molecular flexibility index (Phi) is 2.95. The van der Waals surface area contributed by atoms with Crippen LogP contribution in [0.15, 0.2) is 23.0 Å². The minimum atomic E-state index is -2.76. The van der Waals surface area contributed by atoms with Crippen LogP contribution in [0.25, 0.3) is 0 Å². The van der Waals surface area contributed by atoms with E-state index in [1.54, 1.807) is 0 Å². The number of aromatic nitrogens is 1. The van der Waals surface area contributed by atoms with Gasteiger partial charge < -0.3 is 5.11 Å². The summed E-state index contributed by atoms with van der Waals surface area (Å²) in [6, 6.07) is 3.36. The molecule has 0 bridgehead atoms. The molecule has 6 heteroatoms. The molecule has 1 N–H and O–H groups in total. The van der Waals surface area contributed by atoms with Crippen molar-refractivity contribution in [1.29, 1.82) is 0 Å². The second-order valence-corrected chi connectivity index (χ2v) is 2.56. The van der Waals surface area contributed by atoms with E-state index in [1.165, 1.54) is 6.07 Å². The van der Waals surface area contributed by atoms with E-state index >= 15 is 0 Å². The number of carboxylic acids is 1. The summed E-state index contributed by atoms with van der Waals surface area (Å²) < 4.78 is 24.5. The first-order valence-electron chi connectivity index (χ1n) is 3.73. The molecular formula is C8H7F2NO3. The number of carboxylic acid groups (broad SMARTS) is 1. The zero-order valence-corrected chi connectivity index (χ0v) is 6.98. The van der Waals surface area contributed by atoms with E-state index < -0.39 is 30.2 Å². The van der Waals surface area contributed by atoms with Gasteiger partial charge in [-0.25, -0.2) is 13.6 Å². The Balaban J connectivity index is 3.23. The molecule has 0 saturated carbocycles. The number of hydrogen-bond acceptors (Lipinski definition) is 2. The molecule has 0 aromatic carbocycles. The monoisotopic (exact) mass is 203 g/mol. The average molecular weight is 203 g/mol. The SMILES string of the molecule is O=C(O)c1cccc(=O)n1CC(F)F. The largest absolute Gasteiger partial charge is 0.477 e. The van der Waals surface area contributed by atoms with Crippen molar-refractivity contribution >= 4 is 5.97 Å². The van der Waals surface area contributed by atoms with Crippen LogP contribution in [0.1, 0.15) is 10.5 Å². The van der Waals surface area contributed by atoms with Crippen LogP contribution in [-0.4, -0.2) is 22.1 Å². The van der Waals surface area contributed by atoms with E-state index in [4.69, 9.17) is 5.11 Å². The number of rotatable bonds is 3. The first-order chi connectivity index (χ1) is 6.52. The van der Waals surface area contributed by atoms with Gasteiger partial charge in [0.25, 0.3) is 12.0 Å². The molecule has 1 aromatic heterocycles. The van der Waals surface area contributed by atoms with E-state index in [9.17, 15) is 18.4 Å². The van der Waals surface area contributed by atoms with Gasteiger partial charge in [-0.15, -0.1) is 0 Å². The third-order valence-corrected chi connectivity index (χ3v) is 1.59. The molecule has 14 heavy (non-hydrogen) atoms. The molecular weight excluding hydrogens is 196 g/mol. The molecule has 0 aliphatic rings. The van der Waals surface area contributed by atoms with E-state index in [2.05, 4.69) is 0 Å². The molecule has 0 aliphatic carbocycles. The van der Waals surface area contributed by atoms with Gasteiger partial charge in [0.1, 0.15) is 5.69 Å². The lowest BCUT2D eigenvalue weighted by molar-refractivity contribution is 0.0673. The minimum absolute atomic E-state index is 0.433.